The van der Waals surface area contributed by atoms with E-state index in [2.05, 4.69) is 34.4 Å². The fourth-order valence-corrected chi connectivity index (χ4v) is 3.20. The SMILES string of the molecule is CCNC(=NCc1cccc(COCC(F)(F)F)c1)NCC(C)(C)N1CCOCC1.I. The van der Waals surface area contributed by atoms with Crippen LogP contribution >= 0.6 is 24.0 Å². The fraction of sp³-hybridized carbons (Fsp3) is 0.667. The van der Waals surface area contributed by atoms with Crippen molar-refractivity contribution >= 4 is 29.9 Å². The Bertz CT molecular complexity index is 681. The normalized spacial score (nSPS) is 16.0. The summed E-state index contributed by atoms with van der Waals surface area (Å²) < 4.78 is 46.9. The number of aliphatic imine (C=N–C) groups is 1. The molecule has 2 N–H and O–H groups in total. The molecule has 178 valence electrons. The Balaban J connectivity index is 0.00000480. The van der Waals surface area contributed by atoms with Crippen LogP contribution in [-0.4, -0.2) is 68.6 Å². The lowest BCUT2D eigenvalue weighted by molar-refractivity contribution is -0.176. The van der Waals surface area contributed by atoms with Crippen molar-refractivity contribution in [3.63, 3.8) is 0 Å². The molecule has 1 aromatic carbocycles. The second kappa shape index (κ2) is 13.4. The number of guanidine groups is 1. The molecule has 2 rings (SSSR count). The maximum Gasteiger partial charge on any atom is 0.411 e. The molecule has 10 heteroatoms. The molecular weight excluding hydrogens is 524 g/mol. The summed E-state index contributed by atoms with van der Waals surface area (Å²) in [6.45, 7) is 10.3. The van der Waals surface area contributed by atoms with Crippen molar-refractivity contribution in [2.45, 2.75) is 45.6 Å². The standard InChI is InChI=1S/C21H33F3N4O2.HI/c1-4-25-19(27-15-20(2,3)28-8-10-29-11-9-28)26-13-17-6-5-7-18(12-17)14-30-16-21(22,23)24;/h5-7,12H,4,8-11,13-16H2,1-3H3,(H2,25,26,27);1H. The van der Waals surface area contributed by atoms with E-state index in [0.29, 0.717) is 18.1 Å². The Hall–Kier alpha value is -1.11. The van der Waals surface area contributed by atoms with E-state index in [4.69, 9.17) is 9.47 Å². The van der Waals surface area contributed by atoms with Gasteiger partial charge in [-0.25, -0.2) is 4.99 Å². The number of nitrogens with zero attached hydrogens (tertiary/aromatic N) is 2. The summed E-state index contributed by atoms with van der Waals surface area (Å²) in [4.78, 5) is 7.02. The highest BCUT2D eigenvalue weighted by atomic mass is 127. The van der Waals surface area contributed by atoms with Crippen LogP contribution in [0.2, 0.25) is 0 Å². The van der Waals surface area contributed by atoms with Gasteiger partial charge in [0, 0.05) is 31.7 Å². The van der Waals surface area contributed by atoms with Gasteiger partial charge in [-0.05, 0) is 31.9 Å². The zero-order valence-electron chi connectivity index (χ0n) is 18.4. The first-order valence-electron chi connectivity index (χ1n) is 10.3. The first kappa shape index (κ1) is 27.9. The molecule has 1 heterocycles. The Morgan fingerprint density at radius 1 is 1.16 bits per heavy atom. The van der Waals surface area contributed by atoms with Gasteiger partial charge >= 0.3 is 6.18 Å². The Morgan fingerprint density at radius 3 is 2.48 bits per heavy atom. The van der Waals surface area contributed by atoms with E-state index < -0.39 is 12.8 Å². The number of nitrogens with one attached hydrogen (secondary N) is 2. The first-order chi connectivity index (χ1) is 14.2. The molecule has 1 aliphatic rings. The molecule has 0 aromatic heterocycles. The predicted molar refractivity (Wildman–Crippen MR) is 127 cm³/mol. The lowest BCUT2D eigenvalue weighted by atomic mass is 10.0. The Morgan fingerprint density at radius 2 is 1.84 bits per heavy atom. The van der Waals surface area contributed by atoms with E-state index in [1.807, 2.05) is 19.1 Å². The van der Waals surface area contributed by atoms with Crippen molar-refractivity contribution in [2.24, 2.45) is 4.99 Å². The number of hydrogen-bond acceptors (Lipinski definition) is 4. The van der Waals surface area contributed by atoms with Crippen LogP contribution in [0.4, 0.5) is 13.2 Å². The summed E-state index contributed by atoms with van der Waals surface area (Å²) in [7, 11) is 0. The average molecular weight is 558 g/mol. The largest absolute Gasteiger partial charge is 0.411 e. The van der Waals surface area contributed by atoms with Crippen molar-refractivity contribution in [1.29, 1.82) is 0 Å². The van der Waals surface area contributed by atoms with Crippen molar-refractivity contribution < 1.29 is 22.6 Å². The number of morpholine rings is 1. The highest BCUT2D eigenvalue weighted by molar-refractivity contribution is 14.0. The molecule has 6 nitrogen and oxygen atoms in total. The molecule has 0 unspecified atom stereocenters. The number of halogens is 4. The minimum absolute atomic E-state index is 0. The maximum absolute atomic E-state index is 12.2. The highest BCUT2D eigenvalue weighted by Crippen LogP contribution is 2.17. The minimum Gasteiger partial charge on any atom is -0.379 e. The molecule has 1 aromatic rings. The molecule has 0 saturated carbocycles. The fourth-order valence-electron chi connectivity index (χ4n) is 3.20. The average Bonchev–Trinajstić information content (AvgIpc) is 2.70. The van der Waals surface area contributed by atoms with E-state index in [9.17, 15) is 13.2 Å². The van der Waals surface area contributed by atoms with Crippen LogP contribution in [0.5, 0.6) is 0 Å². The first-order valence-corrected chi connectivity index (χ1v) is 10.3. The quantitative estimate of drug-likeness (QED) is 0.276. The van der Waals surface area contributed by atoms with E-state index in [0.717, 1.165) is 45.0 Å². The second-order valence-electron chi connectivity index (χ2n) is 7.89. The van der Waals surface area contributed by atoms with Gasteiger partial charge in [0.1, 0.15) is 6.61 Å². The van der Waals surface area contributed by atoms with Gasteiger partial charge in [-0.3, -0.25) is 4.90 Å². The van der Waals surface area contributed by atoms with Crippen LogP contribution in [0, 0.1) is 0 Å². The third kappa shape index (κ3) is 10.8. The van der Waals surface area contributed by atoms with Gasteiger partial charge in [-0.2, -0.15) is 13.2 Å². The maximum atomic E-state index is 12.2. The van der Waals surface area contributed by atoms with Crippen LogP contribution in [0.25, 0.3) is 0 Å². The van der Waals surface area contributed by atoms with Gasteiger partial charge in [0.15, 0.2) is 5.96 Å². The summed E-state index contributed by atoms with van der Waals surface area (Å²) in [5.41, 5.74) is 1.56. The summed E-state index contributed by atoms with van der Waals surface area (Å²) in [5, 5.41) is 6.64. The van der Waals surface area contributed by atoms with Gasteiger partial charge in [0.2, 0.25) is 0 Å². The highest BCUT2D eigenvalue weighted by Gasteiger charge is 2.28. The van der Waals surface area contributed by atoms with Gasteiger partial charge in [0.05, 0.1) is 26.4 Å². The zero-order valence-corrected chi connectivity index (χ0v) is 20.8. The number of hydrogen-bond donors (Lipinski definition) is 2. The van der Waals surface area contributed by atoms with Gasteiger partial charge in [0.25, 0.3) is 0 Å². The number of benzene rings is 1. The molecule has 1 aliphatic heterocycles. The summed E-state index contributed by atoms with van der Waals surface area (Å²) in [6, 6.07) is 7.27. The summed E-state index contributed by atoms with van der Waals surface area (Å²) in [6.07, 6.45) is -4.32. The van der Waals surface area contributed by atoms with Crippen molar-refractivity contribution in [1.82, 2.24) is 15.5 Å². The summed E-state index contributed by atoms with van der Waals surface area (Å²) in [5.74, 6) is 0.706. The Kier molecular flexibility index (Phi) is 12.1. The number of rotatable bonds is 9. The Labute approximate surface area is 200 Å². The van der Waals surface area contributed by atoms with E-state index in [-0.39, 0.29) is 36.1 Å². The smallest absolute Gasteiger partial charge is 0.379 e. The van der Waals surface area contributed by atoms with E-state index in [1.54, 1.807) is 12.1 Å². The third-order valence-corrected chi connectivity index (χ3v) is 4.85. The molecule has 0 amide bonds. The van der Waals surface area contributed by atoms with Gasteiger partial charge in [-0.1, -0.05) is 24.3 Å². The summed E-state index contributed by atoms with van der Waals surface area (Å²) >= 11 is 0. The molecular formula is C21H34F3IN4O2. The molecule has 0 bridgehead atoms. The van der Waals surface area contributed by atoms with Crippen molar-refractivity contribution in [3.05, 3.63) is 35.4 Å². The molecule has 0 spiro atoms. The van der Waals surface area contributed by atoms with Crippen LogP contribution in [0.1, 0.15) is 31.9 Å². The number of alkyl halides is 3. The zero-order chi connectivity index (χ0) is 22.0. The number of ether oxygens (including phenoxy) is 2. The lowest BCUT2D eigenvalue weighted by Gasteiger charge is -2.41. The molecule has 0 aliphatic carbocycles. The second-order valence-corrected chi connectivity index (χ2v) is 7.89. The van der Waals surface area contributed by atoms with Crippen LogP contribution < -0.4 is 10.6 Å². The molecule has 31 heavy (non-hydrogen) atoms. The monoisotopic (exact) mass is 558 g/mol. The molecule has 0 radical (unpaired) electrons. The predicted octanol–water partition coefficient (Wildman–Crippen LogP) is 3.55. The van der Waals surface area contributed by atoms with Crippen LogP contribution in [0.15, 0.2) is 29.3 Å². The molecule has 0 atom stereocenters. The van der Waals surface area contributed by atoms with E-state index in [1.165, 1.54) is 0 Å². The minimum atomic E-state index is -4.32. The molecule has 1 saturated heterocycles. The van der Waals surface area contributed by atoms with E-state index >= 15 is 0 Å². The lowest BCUT2D eigenvalue weighted by Crippen LogP contribution is -2.56. The van der Waals surface area contributed by atoms with Crippen molar-refractivity contribution in [3.8, 4) is 0 Å². The topological polar surface area (TPSA) is 58.1 Å². The third-order valence-electron chi connectivity index (χ3n) is 4.85. The molecule has 1 fully saturated rings. The van der Waals surface area contributed by atoms with Crippen LogP contribution in [0.3, 0.4) is 0 Å². The van der Waals surface area contributed by atoms with Gasteiger partial charge in [-0.15, -0.1) is 24.0 Å². The van der Waals surface area contributed by atoms with Crippen molar-refractivity contribution in [2.75, 3.05) is 46.0 Å². The van der Waals surface area contributed by atoms with Crippen LogP contribution in [-0.2, 0) is 22.6 Å². The van der Waals surface area contributed by atoms with Gasteiger partial charge < -0.3 is 20.1 Å².